The molecule has 2 aromatic rings. The van der Waals surface area contributed by atoms with Crippen LogP contribution in [0.25, 0.3) is 11.1 Å². The third kappa shape index (κ3) is 3.34. The van der Waals surface area contributed by atoms with E-state index in [-0.39, 0.29) is 17.9 Å². The molecule has 2 fully saturated rings. The van der Waals surface area contributed by atoms with Gasteiger partial charge in [-0.3, -0.25) is 9.59 Å². The predicted molar refractivity (Wildman–Crippen MR) is 102 cm³/mol. The van der Waals surface area contributed by atoms with E-state index in [9.17, 15) is 9.59 Å². The van der Waals surface area contributed by atoms with Crippen LogP contribution in [0.15, 0.2) is 22.6 Å². The van der Waals surface area contributed by atoms with E-state index in [2.05, 4.69) is 4.98 Å². The second kappa shape index (κ2) is 7.35. The van der Waals surface area contributed by atoms with E-state index in [1.54, 1.807) is 6.07 Å². The number of hydrogen-bond donors (Lipinski definition) is 1. The van der Waals surface area contributed by atoms with Crippen LogP contribution in [0.5, 0.6) is 0 Å². The van der Waals surface area contributed by atoms with Crippen molar-refractivity contribution in [3.63, 3.8) is 0 Å². The van der Waals surface area contributed by atoms with Crippen LogP contribution < -0.4 is 0 Å². The van der Waals surface area contributed by atoms with E-state index in [0.29, 0.717) is 28.2 Å². The fraction of sp³-hybridized carbons (Fsp3) is 0.550. The molecule has 1 aromatic carbocycles. The summed E-state index contributed by atoms with van der Waals surface area (Å²) in [6, 6.07) is 5.44. The van der Waals surface area contributed by atoms with Crippen molar-refractivity contribution in [2.45, 2.75) is 57.4 Å². The minimum absolute atomic E-state index is 0.000471. The number of carbonyl (C=O) groups excluding carboxylic acids is 2. The molecule has 5 nitrogen and oxygen atoms in total. The molecule has 1 amide bonds. The lowest BCUT2D eigenvalue weighted by Crippen LogP contribution is -2.47. The lowest BCUT2D eigenvalue weighted by atomic mass is 9.80. The maximum Gasteiger partial charge on any atom is 0.266 e. The van der Waals surface area contributed by atoms with Crippen molar-refractivity contribution in [2.24, 2.45) is 5.92 Å². The van der Waals surface area contributed by atoms with Gasteiger partial charge in [-0.15, -0.1) is 0 Å². The summed E-state index contributed by atoms with van der Waals surface area (Å²) in [6.45, 7) is 0.724. The number of rotatable bonds is 2. The van der Waals surface area contributed by atoms with Gasteiger partial charge < -0.3 is 14.3 Å². The Bertz CT molecular complexity index is 885. The normalized spacial score (nSPS) is 24.6. The molecular formula is C20H24N2O3S. The summed E-state index contributed by atoms with van der Waals surface area (Å²) in [5, 5.41) is 0. The van der Waals surface area contributed by atoms with E-state index in [1.807, 2.05) is 17.0 Å². The van der Waals surface area contributed by atoms with Crippen molar-refractivity contribution < 1.29 is 14.0 Å². The highest BCUT2D eigenvalue weighted by Crippen LogP contribution is 2.32. The highest BCUT2D eigenvalue weighted by Gasteiger charge is 2.37. The third-order valence-electron chi connectivity index (χ3n) is 5.79. The van der Waals surface area contributed by atoms with Crippen LogP contribution in [0.4, 0.5) is 0 Å². The number of benzene rings is 1. The molecule has 4 rings (SSSR count). The zero-order chi connectivity index (χ0) is 18.1. The molecule has 1 aliphatic heterocycles. The molecule has 26 heavy (non-hydrogen) atoms. The van der Waals surface area contributed by atoms with Crippen LogP contribution in [-0.2, 0) is 4.79 Å². The molecule has 1 saturated heterocycles. The molecule has 0 radical (unpaired) electrons. The van der Waals surface area contributed by atoms with Crippen molar-refractivity contribution in [1.29, 1.82) is 0 Å². The Kier molecular flexibility index (Phi) is 4.94. The summed E-state index contributed by atoms with van der Waals surface area (Å²) in [4.78, 5) is 31.0. The van der Waals surface area contributed by atoms with E-state index in [4.69, 9.17) is 16.6 Å². The molecule has 2 atom stereocenters. The molecule has 1 aromatic heterocycles. The summed E-state index contributed by atoms with van der Waals surface area (Å²) in [6.07, 6.45) is 7.79. The van der Waals surface area contributed by atoms with Gasteiger partial charge >= 0.3 is 0 Å². The number of ketones is 1. The number of aromatic amines is 1. The summed E-state index contributed by atoms with van der Waals surface area (Å²) in [5.41, 5.74) is 1.99. The quantitative estimate of drug-likeness (QED) is 0.780. The molecule has 6 heteroatoms. The monoisotopic (exact) mass is 372 g/mol. The average molecular weight is 372 g/mol. The van der Waals surface area contributed by atoms with Crippen LogP contribution in [0.1, 0.15) is 61.7 Å². The smallest absolute Gasteiger partial charge is 0.266 e. The lowest BCUT2D eigenvalue weighted by Gasteiger charge is -2.37. The summed E-state index contributed by atoms with van der Waals surface area (Å²) < 4.78 is 5.47. The van der Waals surface area contributed by atoms with Gasteiger partial charge in [-0.2, -0.15) is 0 Å². The molecule has 0 bridgehead atoms. The summed E-state index contributed by atoms with van der Waals surface area (Å²) in [7, 11) is 0. The van der Waals surface area contributed by atoms with Crippen LogP contribution >= 0.6 is 12.2 Å². The van der Waals surface area contributed by atoms with Gasteiger partial charge in [0, 0.05) is 30.5 Å². The van der Waals surface area contributed by atoms with E-state index < -0.39 is 0 Å². The van der Waals surface area contributed by atoms with Crippen molar-refractivity contribution in [3.8, 4) is 0 Å². The van der Waals surface area contributed by atoms with Gasteiger partial charge in [0.05, 0.1) is 5.52 Å². The maximum absolute atomic E-state index is 13.3. The van der Waals surface area contributed by atoms with Gasteiger partial charge in [0.15, 0.2) is 5.58 Å². The van der Waals surface area contributed by atoms with Crippen molar-refractivity contribution in [3.05, 3.63) is 28.6 Å². The molecule has 1 aliphatic carbocycles. The number of fused-ring (bicyclic) bond motifs is 1. The Morgan fingerprint density at radius 1 is 1.15 bits per heavy atom. The van der Waals surface area contributed by atoms with Gasteiger partial charge in [-0.25, -0.2) is 0 Å². The standard InChI is InChI=1S/C20H24N2O3S/c23-17-8-4-3-6-14(17)16-7-2-1-5-11-22(16)19(24)13-9-10-15-18(12-13)25-20(26)21-15/h9-10,12,14,16H,1-8,11H2,(H,21,26)/t14-,16+/m0/s1. The highest BCUT2D eigenvalue weighted by atomic mass is 32.1. The molecule has 138 valence electrons. The van der Waals surface area contributed by atoms with Crippen LogP contribution in [0.3, 0.4) is 0 Å². The Balaban J connectivity index is 1.65. The Morgan fingerprint density at radius 2 is 2.00 bits per heavy atom. The average Bonchev–Trinajstić information content (AvgIpc) is 2.85. The predicted octanol–water partition coefficient (Wildman–Crippen LogP) is 4.63. The minimum Gasteiger partial charge on any atom is -0.429 e. The van der Waals surface area contributed by atoms with Crippen LogP contribution in [-0.4, -0.2) is 34.2 Å². The van der Waals surface area contributed by atoms with Gasteiger partial charge in [-0.1, -0.05) is 19.3 Å². The summed E-state index contributed by atoms with van der Waals surface area (Å²) >= 11 is 5.03. The van der Waals surface area contributed by atoms with E-state index >= 15 is 0 Å². The summed E-state index contributed by atoms with van der Waals surface area (Å²) in [5.74, 6) is 0.345. The van der Waals surface area contributed by atoms with Crippen LogP contribution in [0, 0.1) is 10.8 Å². The fourth-order valence-corrected chi connectivity index (χ4v) is 4.67. The SMILES string of the molecule is O=C1CCCC[C@H]1[C@H]1CCCCCN1C(=O)c1ccc2[nH]c(=S)oc2c1. The first kappa shape index (κ1) is 17.5. The zero-order valence-corrected chi connectivity index (χ0v) is 15.6. The van der Waals surface area contributed by atoms with E-state index in [0.717, 1.165) is 57.0 Å². The number of oxazole rings is 1. The topological polar surface area (TPSA) is 66.3 Å². The number of hydrogen-bond acceptors (Lipinski definition) is 4. The van der Waals surface area contributed by atoms with E-state index in [1.165, 1.54) is 0 Å². The Labute approximate surface area is 157 Å². The number of likely N-dealkylation sites (tertiary alicyclic amines) is 1. The molecule has 2 heterocycles. The first-order valence-corrected chi connectivity index (χ1v) is 10.0. The molecule has 0 spiro atoms. The van der Waals surface area contributed by atoms with Crippen molar-refractivity contribution in [2.75, 3.05) is 6.54 Å². The number of carbonyl (C=O) groups is 2. The zero-order valence-electron chi connectivity index (χ0n) is 14.8. The Morgan fingerprint density at radius 3 is 2.85 bits per heavy atom. The molecule has 2 aliphatic rings. The van der Waals surface area contributed by atoms with Crippen LogP contribution in [0.2, 0.25) is 0 Å². The number of nitrogens with zero attached hydrogens (tertiary/aromatic N) is 1. The number of Topliss-reactive ketones (excluding diaryl/α,β-unsaturated/α-hetero) is 1. The highest BCUT2D eigenvalue weighted by molar-refractivity contribution is 7.71. The third-order valence-corrected chi connectivity index (χ3v) is 5.98. The van der Waals surface area contributed by atoms with Crippen molar-refractivity contribution >= 4 is 35.0 Å². The molecule has 1 N–H and O–H groups in total. The van der Waals surface area contributed by atoms with Gasteiger partial charge in [0.1, 0.15) is 5.78 Å². The largest absolute Gasteiger partial charge is 0.429 e. The maximum atomic E-state index is 13.3. The van der Waals surface area contributed by atoms with Gasteiger partial charge in [0.2, 0.25) is 0 Å². The lowest BCUT2D eigenvalue weighted by molar-refractivity contribution is -0.126. The molecule has 0 unspecified atom stereocenters. The first-order chi connectivity index (χ1) is 12.6. The number of H-pyrrole nitrogens is 1. The number of nitrogens with one attached hydrogen (secondary N) is 1. The fourth-order valence-electron chi connectivity index (χ4n) is 4.47. The van der Waals surface area contributed by atoms with Gasteiger partial charge in [-0.05, 0) is 56.1 Å². The second-order valence-corrected chi connectivity index (χ2v) is 7.83. The minimum atomic E-state index is -0.000471. The van der Waals surface area contributed by atoms with Gasteiger partial charge in [0.25, 0.3) is 10.7 Å². The number of amides is 1. The Hall–Kier alpha value is -1.95. The second-order valence-electron chi connectivity index (χ2n) is 7.46. The molecular weight excluding hydrogens is 348 g/mol. The van der Waals surface area contributed by atoms with Crippen molar-refractivity contribution in [1.82, 2.24) is 9.88 Å². The molecule has 1 saturated carbocycles. The first-order valence-electron chi connectivity index (χ1n) is 9.60. The number of aromatic nitrogens is 1.